The minimum Gasteiger partial charge on any atom is -0.489 e. The number of hydrogen-bond acceptors (Lipinski definition) is 1. The molecular formula is C15H14Cl2O. The molecule has 2 aromatic rings. The van der Waals surface area contributed by atoms with Crippen molar-refractivity contribution in [2.45, 2.75) is 18.4 Å². The smallest absolute Gasteiger partial charge is 0.120 e. The quantitative estimate of drug-likeness (QED) is 0.719. The van der Waals surface area contributed by atoms with Gasteiger partial charge in [-0.3, -0.25) is 0 Å². The molecule has 0 fully saturated rings. The Morgan fingerprint density at radius 1 is 0.778 bits per heavy atom. The van der Waals surface area contributed by atoms with Crippen LogP contribution in [0.2, 0.25) is 0 Å². The van der Waals surface area contributed by atoms with Gasteiger partial charge in [-0.05, 0) is 28.8 Å². The van der Waals surface area contributed by atoms with E-state index in [1.807, 2.05) is 48.5 Å². The zero-order valence-electron chi connectivity index (χ0n) is 9.90. The fourth-order valence-corrected chi connectivity index (χ4v) is 2.02. The molecule has 0 atom stereocenters. The first-order valence-electron chi connectivity index (χ1n) is 5.73. The summed E-state index contributed by atoms with van der Waals surface area (Å²) in [6.07, 6.45) is 0. The molecule has 0 N–H and O–H groups in total. The molecule has 2 aromatic carbocycles. The predicted octanol–water partition coefficient (Wildman–Crippen LogP) is 4.74. The second-order valence-corrected chi connectivity index (χ2v) is 4.56. The minimum atomic E-state index is 0.465. The van der Waals surface area contributed by atoms with Crippen LogP contribution in [0.15, 0.2) is 48.5 Å². The van der Waals surface area contributed by atoms with Crippen molar-refractivity contribution in [3.05, 3.63) is 65.2 Å². The lowest BCUT2D eigenvalue weighted by Gasteiger charge is -2.09. The first-order valence-corrected chi connectivity index (χ1v) is 6.80. The molecule has 0 bridgehead atoms. The Morgan fingerprint density at radius 2 is 1.39 bits per heavy atom. The van der Waals surface area contributed by atoms with Gasteiger partial charge >= 0.3 is 0 Å². The summed E-state index contributed by atoms with van der Waals surface area (Å²) in [5.74, 6) is 1.74. The number of hydrogen-bond donors (Lipinski definition) is 0. The molecule has 1 nitrogen and oxygen atoms in total. The van der Waals surface area contributed by atoms with Crippen molar-refractivity contribution >= 4 is 23.2 Å². The van der Waals surface area contributed by atoms with Gasteiger partial charge < -0.3 is 4.74 Å². The molecule has 94 valence electrons. The summed E-state index contributed by atoms with van der Waals surface area (Å²) >= 11 is 11.7. The Morgan fingerprint density at radius 3 is 1.94 bits per heavy atom. The van der Waals surface area contributed by atoms with Crippen LogP contribution in [0.25, 0.3) is 0 Å². The summed E-state index contributed by atoms with van der Waals surface area (Å²) in [5.41, 5.74) is 3.19. The number of ether oxygens (including phenoxy) is 1. The van der Waals surface area contributed by atoms with Crippen molar-refractivity contribution in [2.75, 3.05) is 0 Å². The average Bonchev–Trinajstić information content (AvgIpc) is 2.45. The van der Waals surface area contributed by atoms with Crippen molar-refractivity contribution in [3.63, 3.8) is 0 Å². The molecule has 0 radical (unpaired) electrons. The van der Waals surface area contributed by atoms with Gasteiger partial charge in [0.25, 0.3) is 0 Å². The third-order valence-corrected chi connectivity index (χ3v) is 3.20. The second-order valence-electron chi connectivity index (χ2n) is 4.03. The minimum absolute atomic E-state index is 0.465. The van der Waals surface area contributed by atoms with Gasteiger partial charge in [0.2, 0.25) is 0 Å². The van der Waals surface area contributed by atoms with Gasteiger partial charge in [-0.1, -0.05) is 36.4 Å². The van der Waals surface area contributed by atoms with Gasteiger partial charge in [0.15, 0.2) is 0 Å². The summed E-state index contributed by atoms with van der Waals surface area (Å²) in [4.78, 5) is 0. The highest BCUT2D eigenvalue weighted by molar-refractivity contribution is 6.17. The zero-order chi connectivity index (χ0) is 12.8. The Balaban J connectivity index is 2.09. The van der Waals surface area contributed by atoms with E-state index in [2.05, 4.69) is 0 Å². The molecule has 18 heavy (non-hydrogen) atoms. The number of halogens is 2. The molecular weight excluding hydrogens is 267 g/mol. The van der Waals surface area contributed by atoms with Crippen LogP contribution in [0.3, 0.4) is 0 Å². The van der Waals surface area contributed by atoms with E-state index in [0.29, 0.717) is 18.4 Å². The SMILES string of the molecule is ClCc1cc(CCl)cc(OCc2ccccc2)c1. The van der Waals surface area contributed by atoms with Gasteiger partial charge in [-0.15, -0.1) is 23.2 Å². The van der Waals surface area contributed by atoms with Gasteiger partial charge in [0, 0.05) is 11.8 Å². The van der Waals surface area contributed by atoms with E-state index in [4.69, 9.17) is 27.9 Å². The maximum atomic E-state index is 5.85. The van der Waals surface area contributed by atoms with Crippen LogP contribution < -0.4 is 4.74 Å². The van der Waals surface area contributed by atoms with Crippen LogP contribution in [-0.4, -0.2) is 0 Å². The fourth-order valence-electron chi connectivity index (χ4n) is 1.71. The van der Waals surface area contributed by atoms with Gasteiger partial charge in [0.1, 0.15) is 12.4 Å². The zero-order valence-corrected chi connectivity index (χ0v) is 11.4. The van der Waals surface area contributed by atoms with Crippen LogP contribution >= 0.6 is 23.2 Å². The first-order chi connectivity index (χ1) is 8.81. The molecule has 3 heteroatoms. The highest BCUT2D eigenvalue weighted by atomic mass is 35.5. The number of alkyl halides is 2. The molecule has 0 aliphatic heterocycles. The normalized spacial score (nSPS) is 10.3. The Hall–Kier alpha value is -1.18. The van der Waals surface area contributed by atoms with Gasteiger partial charge in [-0.25, -0.2) is 0 Å². The second kappa shape index (κ2) is 6.67. The molecule has 0 amide bonds. The third kappa shape index (κ3) is 3.66. The van der Waals surface area contributed by atoms with E-state index in [-0.39, 0.29) is 0 Å². The third-order valence-electron chi connectivity index (χ3n) is 2.58. The van der Waals surface area contributed by atoms with Crippen LogP contribution in [0.5, 0.6) is 5.75 Å². The van der Waals surface area contributed by atoms with Crippen molar-refractivity contribution in [1.29, 1.82) is 0 Å². The standard InChI is InChI=1S/C15H14Cl2O/c16-9-13-6-14(10-17)8-15(7-13)18-11-12-4-2-1-3-5-12/h1-8H,9-11H2. The lowest BCUT2D eigenvalue weighted by Crippen LogP contribution is -1.96. The molecule has 0 aliphatic rings. The van der Waals surface area contributed by atoms with E-state index < -0.39 is 0 Å². The summed E-state index contributed by atoms with van der Waals surface area (Å²) in [7, 11) is 0. The molecule has 2 rings (SSSR count). The average molecular weight is 281 g/mol. The van der Waals surface area contributed by atoms with Crippen molar-refractivity contribution in [1.82, 2.24) is 0 Å². The fraction of sp³-hybridized carbons (Fsp3) is 0.200. The summed E-state index contributed by atoms with van der Waals surface area (Å²) in [5, 5.41) is 0. The Labute approximate surface area is 117 Å². The highest BCUT2D eigenvalue weighted by Crippen LogP contribution is 2.21. The first kappa shape index (κ1) is 13.3. The molecule has 0 aliphatic carbocycles. The Bertz CT molecular complexity index is 475. The maximum absolute atomic E-state index is 5.85. The topological polar surface area (TPSA) is 9.23 Å². The van der Waals surface area contributed by atoms with E-state index in [9.17, 15) is 0 Å². The van der Waals surface area contributed by atoms with E-state index in [1.165, 1.54) is 0 Å². The van der Waals surface area contributed by atoms with Crippen LogP contribution in [0.1, 0.15) is 16.7 Å². The van der Waals surface area contributed by atoms with E-state index in [0.717, 1.165) is 22.4 Å². The molecule has 0 saturated carbocycles. The number of rotatable bonds is 5. The van der Waals surface area contributed by atoms with Crippen molar-refractivity contribution < 1.29 is 4.74 Å². The van der Waals surface area contributed by atoms with Crippen LogP contribution in [-0.2, 0) is 18.4 Å². The van der Waals surface area contributed by atoms with Gasteiger partial charge in [0.05, 0.1) is 0 Å². The van der Waals surface area contributed by atoms with Crippen LogP contribution in [0.4, 0.5) is 0 Å². The molecule has 0 heterocycles. The molecule has 0 saturated heterocycles. The van der Waals surface area contributed by atoms with Crippen molar-refractivity contribution in [3.8, 4) is 5.75 Å². The van der Waals surface area contributed by atoms with E-state index in [1.54, 1.807) is 0 Å². The largest absolute Gasteiger partial charge is 0.489 e. The van der Waals surface area contributed by atoms with Gasteiger partial charge in [-0.2, -0.15) is 0 Å². The Kier molecular flexibility index (Phi) is 4.91. The van der Waals surface area contributed by atoms with Crippen LogP contribution in [0, 0.1) is 0 Å². The summed E-state index contributed by atoms with van der Waals surface area (Å²) in [6, 6.07) is 16.0. The predicted molar refractivity (Wildman–Crippen MR) is 76.3 cm³/mol. The summed E-state index contributed by atoms with van der Waals surface area (Å²) in [6.45, 7) is 0.550. The lowest BCUT2D eigenvalue weighted by atomic mass is 10.1. The molecule has 0 aromatic heterocycles. The highest BCUT2D eigenvalue weighted by Gasteiger charge is 2.02. The lowest BCUT2D eigenvalue weighted by molar-refractivity contribution is 0.306. The number of benzene rings is 2. The molecule has 0 unspecified atom stereocenters. The monoisotopic (exact) mass is 280 g/mol. The summed E-state index contributed by atoms with van der Waals surface area (Å²) < 4.78 is 5.76. The van der Waals surface area contributed by atoms with E-state index >= 15 is 0 Å². The maximum Gasteiger partial charge on any atom is 0.120 e. The van der Waals surface area contributed by atoms with Crippen molar-refractivity contribution in [2.24, 2.45) is 0 Å². The molecule has 0 spiro atoms.